The monoisotopic (exact) mass is 288 g/mol. The van der Waals surface area contributed by atoms with Crippen molar-refractivity contribution >= 4 is 5.78 Å². The fourth-order valence-electron chi connectivity index (χ4n) is 7.55. The fraction of sp³-hybridized carbons (Fsp3) is 0.947. The molecular formula is C19H28O2. The maximum absolute atomic E-state index is 12.4. The SMILES string of the molecule is C[C@]12CC3CC(O3)C1CC[C@@H]1[C@H]2CC[C@]2(C)C(=O)CC[C@@H]12. The van der Waals surface area contributed by atoms with E-state index in [4.69, 9.17) is 4.74 Å². The number of Topliss-reactive ketones (excluding diaryl/α,β-unsaturated/α-hetero) is 1. The molecule has 2 heterocycles. The van der Waals surface area contributed by atoms with Crippen molar-refractivity contribution in [1.29, 1.82) is 0 Å². The Morgan fingerprint density at radius 1 is 1.05 bits per heavy atom. The average Bonchev–Trinajstić information content (AvgIpc) is 2.72. The van der Waals surface area contributed by atoms with Crippen LogP contribution in [0.3, 0.4) is 0 Å². The van der Waals surface area contributed by atoms with Gasteiger partial charge < -0.3 is 4.74 Å². The van der Waals surface area contributed by atoms with Crippen LogP contribution in [0.1, 0.15) is 65.2 Å². The molecule has 0 aromatic carbocycles. The maximum atomic E-state index is 12.4. The molecule has 2 nitrogen and oxygen atoms in total. The third-order valence-corrected chi connectivity index (χ3v) is 8.63. The van der Waals surface area contributed by atoms with E-state index in [0.29, 0.717) is 29.3 Å². The molecule has 6 fully saturated rings. The van der Waals surface area contributed by atoms with Gasteiger partial charge in [-0.15, -0.1) is 0 Å². The van der Waals surface area contributed by atoms with Gasteiger partial charge in [0.2, 0.25) is 0 Å². The van der Waals surface area contributed by atoms with Crippen LogP contribution in [0.2, 0.25) is 0 Å². The molecule has 21 heavy (non-hydrogen) atoms. The van der Waals surface area contributed by atoms with Crippen LogP contribution in [0.4, 0.5) is 0 Å². The molecule has 6 aliphatic rings. The van der Waals surface area contributed by atoms with E-state index >= 15 is 0 Å². The molecule has 6 rings (SSSR count). The topological polar surface area (TPSA) is 26.3 Å². The van der Waals surface area contributed by atoms with E-state index in [1.807, 2.05) is 0 Å². The van der Waals surface area contributed by atoms with Gasteiger partial charge in [-0.3, -0.25) is 4.79 Å². The molecule has 0 spiro atoms. The molecule has 2 aliphatic heterocycles. The first-order valence-corrected chi connectivity index (χ1v) is 9.21. The Morgan fingerprint density at radius 3 is 2.67 bits per heavy atom. The van der Waals surface area contributed by atoms with E-state index in [0.717, 1.165) is 30.6 Å². The molecule has 3 unspecified atom stereocenters. The van der Waals surface area contributed by atoms with Gasteiger partial charge >= 0.3 is 0 Å². The summed E-state index contributed by atoms with van der Waals surface area (Å²) in [6, 6.07) is 0. The lowest BCUT2D eigenvalue weighted by Crippen LogP contribution is -2.63. The summed E-state index contributed by atoms with van der Waals surface area (Å²) in [4.78, 5) is 12.4. The lowest BCUT2D eigenvalue weighted by Gasteiger charge is -2.65. The summed E-state index contributed by atoms with van der Waals surface area (Å²) in [5, 5.41) is 0. The van der Waals surface area contributed by atoms with Crippen molar-refractivity contribution in [2.45, 2.75) is 77.4 Å². The van der Waals surface area contributed by atoms with E-state index in [9.17, 15) is 4.79 Å². The maximum Gasteiger partial charge on any atom is 0.139 e. The molecular weight excluding hydrogens is 260 g/mol. The van der Waals surface area contributed by atoms with Crippen LogP contribution in [-0.4, -0.2) is 18.0 Å². The van der Waals surface area contributed by atoms with Crippen LogP contribution >= 0.6 is 0 Å². The van der Waals surface area contributed by atoms with Gasteiger partial charge in [0.25, 0.3) is 0 Å². The molecule has 2 saturated heterocycles. The van der Waals surface area contributed by atoms with Gasteiger partial charge in [0, 0.05) is 18.3 Å². The Labute approximate surface area is 128 Å². The highest BCUT2D eigenvalue weighted by Gasteiger charge is 2.64. The summed E-state index contributed by atoms with van der Waals surface area (Å²) in [6.45, 7) is 4.87. The van der Waals surface area contributed by atoms with Crippen molar-refractivity contribution in [2.24, 2.45) is 34.5 Å². The summed E-state index contributed by atoms with van der Waals surface area (Å²) in [7, 11) is 0. The van der Waals surface area contributed by atoms with Crippen molar-refractivity contribution in [1.82, 2.24) is 0 Å². The summed E-state index contributed by atoms with van der Waals surface area (Å²) in [5.41, 5.74) is 0.556. The predicted octanol–water partition coefficient (Wildman–Crippen LogP) is 3.98. The van der Waals surface area contributed by atoms with Gasteiger partial charge in [-0.05, 0) is 67.6 Å². The summed E-state index contributed by atoms with van der Waals surface area (Å²) < 4.78 is 6.06. The highest BCUT2D eigenvalue weighted by Crippen LogP contribution is 2.67. The molecule has 8 atom stereocenters. The number of rotatable bonds is 0. The van der Waals surface area contributed by atoms with Gasteiger partial charge in [0.15, 0.2) is 0 Å². The van der Waals surface area contributed by atoms with Crippen molar-refractivity contribution in [3.63, 3.8) is 0 Å². The summed E-state index contributed by atoms with van der Waals surface area (Å²) in [6.07, 6.45) is 11.0. The molecule has 0 radical (unpaired) electrons. The van der Waals surface area contributed by atoms with Crippen molar-refractivity contribution in [3.8, 4) is 0 Å². The number of carbonyl (C=O) groups is 1. The number of hydrogen-bond acceptors (Lipinski definition) is 2. The lowest BCUT2D eigenvalue weighted by atomic mass is 9.44. The van der Waals surface area contributed by atoms with E-state index < -0.39 is 0 Å². The third-order valence-electron chi connectivity index (χ3n) is 8.63. The molecule has 2 bridgehead atoms. The molecule has 0 aromatic rings. The fourth-order valence-corrected chi connectivity index (χ4v) is 7.55. The van der Waals surface area contributed by atoms with E-state index in [1.165, 1.54) is 38.5 Å². The van der Waals surface area contributed by atoms with E-state index in [1.54, 1.807) is 0 Å². The van der Waals surface area contributed by atoms with E-state index in [-0.39, 0.29) is 5.41 Å². The second-order valence-electron chi connectivity index (χ2n) is 9.22. The number of ether oxygens (including phenoxy) is 1. The Bertz CT molecular complexity index is 494. The molecule has 2 heteroatoms. The minimum absolute atomic E-state index is 0.0401. The number of hydrogen-bond donors (Lipinski definition) is 0. The second kappa shape index (κ2) is 3.93. The van der Waals surface area contributed by atoms with Crippen molar-refractivity contribution < 1.29 is 9.53 Å². The Hall–Kier alpha value is -0.370. The van der Waals surface area contributed by atoms with Gasteiger partial charge in [0.1, 0.15) is 5.78 Å². The minimum Gasteiger partial charge on any atom is -0.374 e. The Kier molecular flexibility index (Phi) is 2.45. The molecule has 4 aliphatic carbocycles. The Morgan fingerprint density at radius 2 is 1.86 bits per heavy atom. The van der Waals surface area contributed by atoms with Gasteiger partial charge in [0.05, 0.1) is 12.2 Å². The Balaban J connectivity index is 1.50. The van der Waals surface area contributed by atoms with Crippen molar-refractivity contribution in [2.75, 3.05) is 0 Å². The number of ketones is 1. The zero-order chi connectivity index (χ0) is 14.4. The smallest absolute Gasteiger partial charge is 0.139 e. The summed E-state index contributed by atoms with van der Waals surface area (Å²) >= 11 is 0. The lowest BCUT2D eigenvalue weighted by molar-refractivity contribution is -0.266. The second-order valence-corrected chi connectivity index (χ2v) is 9.22. The van der Waals surface area contributed by atoms with Crippen LogP contribution in [0, 0.1) is 34.5 Å². The number of fused-ring (bicyclic) bond motifs is 3. The molecule has 4 saturated carbocycles. The van der Waals surface area contributed by atoms with Crippen LogP contribution < -0.4 is 0 Å². The van der Waals surface area contributed by atoms with E-state index in [2.05, 4.69) is 13.8 Å². The van der Waals surface area contributed by atoms with Crippen LogP contribution in [0.25, 0.3) is 0 Å². The average molecular weight is 288 g/mol. The highest BCUT2D eigenvalue weighted by molar-refractivity contribution is 5.87. The largest absolute Gasteiger partial charge is 0.374 e. The first-order chi connectivity index (χ1) is 10.0. The zero-order valence-electron chi connectivity index (χ0n) is 13.4. The first-order valence-electron chi connectivity index (χ1n) is 9.21. The van der Waals surface area contributed by atoms with Crippen molar-refractivity contribution in [3.05, 3.63) is 0 Å². The van der Waals surface area contributed by atoms with Crippen LogP contribution in [0.5, 0.6) is 0 Å². The van der Waals surface area contributed by atoms with Gasteiger partial charge in [-0.25, -0.2) is 0 Å². The van der Waals surface area contributed by atoms with Crippen LogP contribution in [-0.2, 0) is 9.53 Å². The minimum atomic E-state index is 0.0401. The van der Waals surface area contributed by atoms with Gasteiger partial charge in [-0.1, -0.05) is 13.8 Å². The molecule has 0 N–H and O–H groups in total. The molecule has 0 aromatic heterocycles. The third kappa shape index (κ3) is 1.46. The zero-order valence-corrected chi connectivity index (χ0v) is 13.4. The number of carbonyl (C=O) groups excluding carboxylic acids is 1. The quantitative estimate of drug-likeness (QED) is 0.674. The summed E-state index contributed by atoms with van der Waals surface area (Å²) in [5.74, 6) is 3.78. The van der Waals surface area contributed by atoms with Gasteiger partial charge in [-0.2, -0.15) is 0 Å². The highest BCUT2D eigenvalue weighted by atomic mass is 16.5. The predicted molar refractivity (Wildman–Crippen MR) is 80.8 cm³/mol. The molecule has 0 amide bonds. The van der Waals surface area contributed by atoms with Crippen LogP contribution in [0.15, 0.2) is 0 Å². The molecule has 116 valence electrons. The standard InChI is InChI=1S/C19H28O2/c1-18-8-7-14-12(13(18)5-6-17(18)20)3-4-15-16-9-11(21-16)10-19(14,15)2/h11-16H,3-10H2,1-2H3/t11?,12-,13-,14+,15?,16?,18-,19+/m0/s1. The normalized spacial score (nSPS) is 61.5. The first kappa shape index (κ1) is 13.1.